The highest BCUT2D eigenvalue weighted by Crippen LogP contribution is 2.40. The van der Waals surface area contributed by atoms with E-state index in [4.69, 9.17) is 5.11 Å². The first kappa shape index (κ1) is 14.4. The van der Waals surface area contributed by atoms with Crippen LogP contribution in [0.5, 0.6) is 0 Å². The molecule has 1 aliphatic rings. The first-order chi connectivity index (χ1) is 8.16. The average Bonchev–Trinajstić information content (AvgIpc) is 2.20. The molecule has 18 heavy (non-hydrogen) atoms. The van der Waals surface area contributed by atoms with Gasteiger partial charge in [-0.1, -0.05) is 19.9 Å². The molecule has 98 valence electrons. The lowest BCUT2D eigenvalue weighted by Crippen LogP contribution is -2.45. The van der Waals surface area contributed by atoms with Crippen LogP contribution >= 0.6 is 0 Å². The molecule has 0 aromatic carbocycles. The summed E-state index contributed by atoms with van der Waals surface area (Å²) in [7, 11) is 0. The number of allylic oxidation sites excluding steroid dienone is 3. The molecule has 0 fully saturated rings. The summed E-state index contributed by atoms with van der Waals surface area (Å²) >= 11 is 0. The Morgan fingerprint density at radius 1 is 1.44 bits per heavy atom. The van der Waals surface area contributed by atoms with E-state index in [-0.39, 0.29) is 12.2 Å². The van der Waals surface area contributed by atoms with Gasteiger partial charge in [0.25, 0.3) is 0 Å². The third-order valence-electron chi connectivity index (χ3n) is 3.18. The second-order valence-electron chi connectivity index (χ2n) is 5.25. The molecular formula is C14H18O4. The molecule has 0 heterocycles. The first-order valence-corrected chi connectivity index (χ1v) is 5.71. The van der Waals surface area contributed by atoms with Crippen molar-refractivity contribution in [1.29, 1.82) is 0 Å². The van der Waals surface area contributed by atoms with E-state index in [1.165, 1.54) is 18.2 Å². The third kappa shape index (κ3) is 3.17. The van der Waals surface area contributed by atoms with Crippen molar-refractivity contribution in [2.24, 2.45) is 5.41 Å². The van der Waals surface area contributed by atoms with Gasteiger partial charge in [-0.15, -0.1) is 0 Å². The van der Waals surface area contributed by atoms with Crippen LogP contribution in [0.1, 0.15) is 27.2 Å². The van der Waals surface area contributed by atoms with E-state index < -0.39 is 17.0 Å². The molecule has 0 radical (unpaired) electrons. The molecule has 0 aliphatic heterocycles. The number of carboxylic acids is 1. The minimum atomic E-state index is -1.24. The molecule has 0 aromatic heterocycles. The average molecular weight is 250 g/mol. The Labute approximate surface area is 106 Å². The van der Waals surface area contributed by atoms with E-state index in [0.29, 0.717) is 5.57 Å². The lowest BCUT2D eigenvalue weighted by Gasteiger charge is -2.40. The Morgan fingerprint density at radius 3 is 2.56 bits per heavy atom. The number of hydrogen-bond acceptors (Lipinski definition) is 3. The Hall–Kier alpha value is -1.68. The minimum absolute atomic E-state index is 0.0177. The van der Waals surface area contributed by atoms with Crippen molar-refractivity contribution in [3.8, 4) is 0 Å². The molecule has 2 N–H and O–H groups in total. The number of carbonyl (C=O) groups is 2. The molecule has 1 aliphatic carbocycles. The summed E-state index contributed by atoms with van der Waals surface area (Å²) in [5, 5.41) is 19.1. The molecule has 4 nitrogen and oxygen atoms in total. The standard InChI is InChI=1S/C14H18O4/c1-10(8-12(16)17)4-6-14(18)7-5-11(15)9-13(14,2)3/h4-8,18H,9H2,1-3H3,(H,16,17)/b6-4+,10-8-. The Bertz CT molecular complexity index is 454. The van der Waals surface area contributed by atoms with Crippen LogP contribution < -0.4 is 0 Å². The molecule has 0 amide bonds. The van der Waals surface area contributed by atoms with Crippen LogP contribution in [-0.2, 0) is 9.59 Å². The summed E-state index contributed by atoms with van der Waals surface area (Å²) < 4.78 is 0. The number of rotatable bonds is 3. The van der Waals surface area contributed by atoms with E-state index in [1.54, 1.807) is 26.8 Å². The maximum absolute atomic E-state index is 11.3. The van der Waals surface area contributed by atoms with Crippen molar-refractivity contribution in [1.82, 2.24) is 0 Å². The smallest absolute Gasteiger partial charge is 0.328 e. The first-order valence-electron chi connectivity index (χ1n) is 5.71. The molecule has 0 aromatic rings. The summed E-state index contributed by atoms with van der Waals surface area (Å²) in [6, 6.07) is 0. The van der Waals surface area contributed by atoms with Gasteiger partial charge in [-0.3, -0.25) is 4.79 Å². The molecule has 1 atom stereocenters. The van der Waals surface area contributed by atoms with Gasteiger partial charge in [-0.05, 0) is 30.7 Å². The van der Waals surface area contributed by atoms with Crippen molar-refractivity contribution in [2.75, 3.05) is 0 Å². The van der Waals surface area contributed by atoms with E-state index in [9.17, 15) is 14.7 Å². The van der Waals surface area contributed by atoms with Gasteiger partial charge in [0.05, 0.1) is 0 Å². The third-order valence-corrected chi connectivity index (χ3v) is 3.18. The van der Waals surface area contributed by atoms with Crippen LogP contribution in [0.3, 0.4) is 0 Å². The summed E-state index contributed by atoms with van der Waals surface area (Å²) in [6.45, 7) is 5.24. The zero-order chi connectivity index (χ0) is 14.0. The minimum Gasteiger partial charge on any atom is -0.478 e. The second-order valence-corrected chi connectivity index (χ2v) is 5.25. The fourth-order valence-corrected chi connectivity index (χ4v) is 1.86. The van der Waals surface area contributed by atoms with Gasteiger partial charge >= 0.3 is 5.97 Å². The maximum atomic E-state index is 11.3. The van der Waals surface area contributed by atoms with Crippen molar-refractivity contribution >= 4 is 11.8 Å². The number of ketones is 1. The van der Waals surface area contributed by atoms with Gasteiger partial charge in [0.1, 0.15) is 5.60 Å². The number of aliphatic hydroxyl groups is 1. The summed E-state index contributed by atoms with van der Waals surface area (Å²) in [4.78, 5) is 21.8. The predicted octanol–water partition coefficient (Wildman–Crippen LogP) is 1.86. The van der Waals surface area contributed by atoms with Crippen LogP contribution in [-0.4, -0.2) is 27.6 Å². The lowest BCUT2D eigenvalue weighted by atomic mass is 9.68. The fourth-order valence-electron chi connectivity index (χ4n) is 1.86. The number of aliphatic carboxylic acids is 1. The fraction of sp³-hybridized carbons (Fsp3) is 0.429. The van der Waals surface area contributed by atoms with Crippen LogP contribution in [0, 0.1) is 5.41 Å². The van der Waals surface area contributed by atoms with Crippen molar-refractivity contribution in [3.05, 3.63) is 36.0 Å². The van der Waals surface area contributed by atoms with E-state index in [1.807, 2.05) is 0 Å². The number of hydrogen-bond donors (Lipinski definition) is 2. The molecule has 4 heteroatoms. The molecule has 1 unspecified atom stereocenters. The normalized spacial score (nSPS) is 27.8. The molecule has 0 saturated carbocycles. The largest absolute Gasteiger partial charge is 0.478 e. The monoisotopic (exact) mass is 250 g/mol. The lowest BCUT2D eigenvalue weighted by molar-refractivity contribution is -0.131. The number of carboxylic acid groups (broad SMARTS) is 1. The Morgan fingerprint density at radius 2 is 2.06 bits per heavy atom. The Kier molecular flexibility index (Phi) is 3.92. The van der Waals surface area contributed by atoms with Crippen LogP contribution in [0.15, 0.2) is 36.0 Å². The van der Waals surface area contributed by atoms with Crippen LogP contribution in [0.25, 0.3) is 0 Å². The zero-order valence-corrected chi connectivity index (χ0v) is 10.8. The molecule has 0 saturated heterocycles. The van der Waals surface area contributed by atoms with Gasteiger partial charge in [0.15, 0.2) is 5.78 Å². The van der Waals surface area contributed by atoms with Crippen molar-refractivity contribution < 1.29 is 19.8 Å². The summed E-state index contributed by atoms with van der Waals surface area (Å²) in [5.41, 5.74) is -1.33. The molecule has 0 bridgehead atoms. The highest BCUT2D eigenvalue weighted by Gasteiger charge is 2.43. The molecular weight excluding hydrogens is 232 g/mol. The Balaban J connectivity index is 3.01. The van der Waals surface area contributed by atoms with E-state index >= 15 is 0 Å². The molecule has 0 spiro atoms. The van der Waals surface area contributed by atoms with Crippen LogP contribution in [0.2, 0.25) is 0 Å². The predicted molar refractivity (Wildman–Crippen MR) is 68.0 cm³/mol. The summed E-state index contributed by atoms with van der Waals surface area (Å²) in [5.74, 6) is -1.05. The second kappa shape index (κ2) is 4.90. The van der Waals surface area contributed by atoms with Gasteiger partial charge in [-0.2, -0.15) is 0 Å². The maximum Gasteiger partial charge on any atom is 0.328 e. The number of carbonyl (C=O) groups excluding carboxylic acids is 1. The van der Waals surface area contributed by atoms with E-state index in [0.717, 1.165) is 6.08 Å². The highest BCUT2D eigenvalue weighted by atomic mass is 16.4. The quantitative estimate of drug-likeness (QED) is 0.592. The van der Waals surface area contributed by atoms with Crippen molar-refractivity contribution in [2.45, 2.75) is 32.8 Å². The molecule has 1 rings (SSSR count). The topological polar surface area (TPSA) is 74.6 Å². The van der Waals surface area contributed by atoms with Crippen LogP contribution in [0.4, 0.5) is 0 Å². The van der Waals surface area contributed by atoms with Gasteiger partial charge in [-0.25, -0.2) is 4.79 Å². The van der Waals surface area contributed by atoms with Gasteiger partial charge < -0.3 is 10.2 Å². The zero-order valence-electron chi connectivity index (χ0n) is 10.8. The van der Waals surface area contributed by atoms with Gasteiger partial charge in [0, 0.05) is 17.9 Å². The van der Waals surface area contributed by atoms with E-state index in [2.05, 4.69) is 0 Å². The summed E-state index contributed by atoms with van der Waals surface area (Å²) in [6.07, 6.45) is 7.23. The SMILES string of the molecule is CC(=C/C(=O)O)/C=C/C1(O)C=CC(=O)CC1(C)C. The van der Waals surface area contributed by atoms with Gasteiger partial charge in [0.2, 0.25) is 0 Å². The van der Waals surface area contributed by atoms with Crippen molar-refractivity contribution in [3.63, 3.8) is 0 Å². The highest BCUT2D eigenvalue weighted by molar-refractivity contribution is 5.91.